The van der Waals surface area contributed by atoms with E-state index in [2.05, 4.69) is 17.2 Å². The van der Waals surface area contributed by atoms with Crippen LogP contribution in [0.25, 0.3) is 0 Å². The van der Waals surface area contributed by atoms with Gasteiger partial charge < -0.3 is 5.32 Å². The normalized spacial score (nSPS) is 9.56. The van der Waals surface area contributed by atoms with Crippen molar-refractivity contribution in [3.05, 3.63) is 29.3 Å². The zero-order valence-electron chi connectivity index (χ0n) is 8.50. The van der Waals surface area contributed by atoms with Crippen molar-refractivity contribution in [2.45, 2.75) is 13.3 Å². The monoisotopic (exact) mass is 231 g/mol. The summed E-state index contributed by atoms with van der Waals surface area (Å²) in [7, 11) is 0. The van der Waals surface area contributed by atoms with Gasteiger partial charge in [-0.1, -0.05) is 0 Å². The highest BCUT2D eigenvalue weighted by molar-refractivity contribution is 5.47. The van der Waals surface area contributed by atoms with Crippen molar-refractivity contribution < 1.29 is 17.6 Å². The molecule has 0 saturated heterocycles. The van der Waals surface area contributed by atoms with Crippen LogP contribution in [0.4, 0.5) is 23.2 Å². The maximum atomic E-state index is 13.1. The van der Waals surface area contributed by atoms with Crippen molar-refractivity contribution in [2.75, 3.05) is 11.9 Å². The Bertz CT molecular complexity index is 419. The first-order valence-electron chi connectivity index (χ1n) is 4.54. The number of nitrogens with one attached hydrogen (secondary N) is 1. The van der Waals surface area contributed by atoms with Crippen LogP contribution < -0.4 is 5.32 Å². The lowest BCUT2D eigenvalue weighted by molar-refractivity contribution is 0.458. The fourth-order valence-electron chi connectivity index (χ4n) is 1.10. The Balaban J connectivity index is 2.88. The Morgan fingerprint density at radius 1 is 1.12 bits per heavy atom. The summed E-state index contributed by atoms with van der Waals surface area (Å²) >= 11 is 0. The second-order valence-corrected chi connectivity index (χ2v) is 2.95. The van der Waals surface area contributed by atoms with E-state index in [1.54, 1.807) is 6.92 Å². The molecule has 0 aromatic heterocycles. The number of anilines is 1. The van der Waals surface area contributed by atoms with Crippen LogP contribution in [0, 0.1) is 35.1 Å². The lowest BCUT2D eigenvalue weighted by atomic mass is 10.2. The summed E-state index contributed by atoms with van der Waals surface area (Å²) in [6.45, 7) is 1.72. The van der Waals surface area contributed by atoms with Crippen LogP contribution >= 0.6 is 0 Å². The predicted octanol–water partition coefficient (Wildman–Crippen LogP) is 3.07. The van der Waals surface area contributed by atoms with Crippen LogP contribution in [0.2, 0.25) is 0 Å². The van der Waals surface area contributed by atoms with Gasteiger partial charge in [0.1, 0.15) is 5.69 Å². The Labute approximate surface area is 90.5 Å². The van der Waals surface area contributed by atoms with Crippen molar-refractivity contribution in [1.82, 2.24) is 0 Å². The van der Waals surface area contributed by atoms with Gasteiger partial charge in [-0.3, -0.25) is 0 Å². The molecule has 1 N–H and O–H groups in total. The largest absolute Gasteiger partial charge is 0.379 e. The number of rotatable bonds is 3. The van der Waals surface area contributed by atoms with Gasteiger partial charge in [0.15, 0.2) is 23.3 Å². The van der Waals surface area contributed by atoms with Gasteiger partial charge in [-0.15, -0.1) is 11.8 Å². The van der Waals surface area contributed by atoms with Crippen LogP contribution in [0.1, 0.15) is 13.3 Å². The van der Waals surface area contributed by atoms with Crippen LogP contribution in [0.5, 0.6) is 0 Å². The number of benzene rings is 1. The van der Waals surface area contributed by atoms with E-state index in [4.69, 9.17) is 0 Å². The summed E-state index contributed by atoms with van der Waals surface area (Å²) < 4.78 is 51.6. The van der Waals surface area contributed by atoms with Crippen molar-refractivity contribution in [3.63, 3.8) is 0 Å². The van der Waals surface area contributed by atoms with Gasteiger partial charge in [-0.25, -0.2) is 17.6 Å². The summed E-state index contributed by atoms with van der Waals surface area (Å²) in [5.74, 6) is -0.488. The van der Waals surface area contributed by atoms with E-state index in [0.717, 1.165) is 0 Å². The second-order valence-electron chi connectivity index (χ2n) is 2.95. The van der Waals surface area contributed by atoms with Crippen LogP contribution in [-0.4, -0.2) is 6.54 Å². The molecule has 1 aromatic rings. The molecule has 0 amide bonds. The molecule has 0 aliphatic carbocycles. The summed E-state index contributed by atoms with van der Waals surface area (Å²) in [6.07, 6.45) is 0.327. The Morgan fingerprint density at radius 3 is 2.19 bits per heavy atom. The highest BCUT2D eigenvalue weighted by atomic mass is 19.2. The number of halogens is 4. The van der Waals surface area contributed by atoms with E-state index in [9.17, 15) is 17.6 Å². The second kappa shape index (κ2) is 5.40. The molecule has 0 aliphatic rings. The average molecular weight is 231 g/mol. The van der Waals surface area contributed by atoms with Gasteiger partial charge >= 0.3 is 0 Å². The minimum Gasteiger partial charge on any atom is -0.379 e. The first kappa shape index (κ1) is 12.4. The predicted molar refractivity (Wildman–Crippen MR) is 52.8 cm³/mol. The van der Waals surface area contributed by atoms with E-state index in [1.165, 1.54) is 0 Å². The van der Waals surface area contributed by atoms with Crippen molar-refractivity contribution in [2.24, 2.45) is 0 Å². The first-order valence-corrected chi connectivity index (χ1v) is 4.54. The molecule has 0 heterocycles. The summed E-state index contributed by atoms with van der Waals surface area (Å²) in [6, 6.07) is 0.168. The molecule has 1 nitrogen and oxygen atoms in total. The summed E-state index contributed by atoms with van der Waals surface area (Å²) in [5.41, 5.74) is -0.796. The third kappa shape index (κ3) is 2.66. The SMILES string of the molecule is CC#CCCNc1c(F)c(F)cc(F)c1F. The fourth-order valence-corrected chi connectivity index (χ4v) is 1.10. The number of hydrogen-bond donors (Lipinski definition) is 1. The van der Waals surface area contributed by atoms with Gasteiger partial charge in [0.05, 0.1) is 0 Å². The Hall–Kier alpha value is -1.70. The maximum Gasteiger partial charge on any atom is 0.185 e. The highest BCUT2D eigenvalue weighted by Crippen LogP contribution is 2.23. The van der Waals surface area contributed by atoms with Gasteiger partial charge in [-0.05, 0) is 6.92 Å². The lowest BCUT2D eigenvalue weighted by Crippen LogP contribution is -2.08. The van der Waals surface area contributed by atoms with Gasteiger partial charge in [0, 0.05) is 19.0 Å². The average Bonchev–Trinajstić information content (AvgIpc) is 2.25. The standard InChI is InChI=1S/C11H9F4N/c1-2-3-4-5-16-11-9(14)7(12)6-8(13)10(11)15/h6,16H,4-5H2,1H3. The molecule has 86 valence electrons. The molecule has 0 fully saturated rings. The van der Waals surface area contributed by atoms with Crippen molar-refractivity contribution in [1.29, 1.82) is 0 Å². The van der Waals surface area contributed by atoms with E-state index in [0.29, 0.717) is 6.42 Å². The Kier molecular flexibility index (Phi) is 4.18. The molecular weight excluding hydrogens is 222 g/mol. The smallest absolute Gasteiger partial charge is 0.185 e. The zero-order valence-corrected chi connectivity index (χ0v) is 8.50. The Morgan fingerprint density at radius 2 is 1.69 bits per heavy atom. The molecule has 1 rings (SSSR count). The minimum absolute atomic E-state index is 0.109. The molecule has 0 saturated carbocycles. The highest BCUT2D eigenvalue weighted by Gasteiger charge is 2.18. The molecule has 1 aromatic carbocycles. The lowest BCUT2D eigenvalue weighted by Gasteiger charge is -2.08. The molecule has 0 bridgehead atoms. The van der Waals surface area contributed by atoms with Gasteiger partial charge in [0.2, 0.25) is 0 Å². The van der Waals surface area contributed by atoms with Crippen molar-refractivity contribution >= 4 is 5.69 Å². The van der Waals surface area contributed by atoms with Gasteiger partial charge in [-0.2, -0.15) is 0 Å². The minimum atomic E-state index is -1.43. The van der Waals surface area contributed by atoms with Crippen LogP contribution in [-0.2, 0) is 0 Å². The molecule has 0 aliphatic heterocycles. The third-order valence-corrected chi connectivity index (χ3v) is 1.84. The zero-order chi connectivity index (χ0) is 12.1. The summed E-state index contributed by atoms with van der Waals surface area (Å²) in [5, 5.41) is 2.27. The van der Waals surface area contributed by atoms with Gasteiger partial charge in [0.25, 0.3) is 0 Å². The molecule has 0 radical (unpaired) electrons. The van der Waals surface area contributed by atoms with Crippen LogP contribution in [0.15, 0.2) is 6.07 Å². The van der Waals surface area contributed by atoms with Crippen LogP contribution in [0.3, 0.4) is 0 Å². The van der Waals surface area contributed by atoms with Crippen molar-refractivity contribution in [3.8, 4) is 11.8 Å². The van der Waals surface area contributed by atoms with E-state index in [-0.39, 0.29) is 12.6 Å². The molecule has 0 spiro atoms. The van der Waals surface area contributed by atoms with E-state index in [1.807, 2.05) is 0 Å². The fraction of sp³-hybridized carbons (Fsp3) is 0.273. The number of hydrogen-bond acceptors (Lipinski definition) is 1. The maximum absolute atomic E-state index is 13.1. The summed E-state index contributed by atoms with van der Waals surface area (Å²) in [4.78, 5) is 0. The third-order valence-electron chi connectivity index (χ3n) is 1.84. The van der Waals surface area contributed by atoms with E-state index < -0.39 is 29.0 Å². The molecule has 0 unspecified atom stereocenters. The molecule has 0 atom stereocenters. The first-order chi connectivity index (χ1) is 7.57. The molecule has 5 heteroatoms. The molecule has 16 heavy (non-hydrogen) atoms. The van der Waals surface area contributed by atoms with E-state index >= 15 is 0 Å². The molecular formula is C11H9F4N. The quantitative estimate of drug-likeness (QED) is 0.365. The topological polar surface area (TPSA) is 12.0 Å².